The first-order chi connectivity index (χ1) is 13.6. The van der Waals surface area contributed by atoms with E-state index in [1.54, 1.807) is 6.21 Å². The highest BCUT2D eigenvalue weighted by Gasteiger charge is 2.21. The Balaban J connectivity index is 1.66. The molecule has 0 unspecified atom stereocenters. The number of hydrogen-bond acceptors (Lipinski definition) is 8. The number of hydrogen-bond donors (Lipinski definition) is 3. The number of amides is 1. The van der Waals surface area contributed by atoms with Crippen LogP contribution in [0.3, 0.4) is 0 Å². The van der Waals surface area contributed by atoms with Crippen molar-refractivity contribution in [3.63, 3.8) is 0 Å². The first kappa shape index (κ1) is 17.9. The van der Waals surface area contributed by atoms with Gasteiger partial charge in [-0.1, -0.05) is 29.8 Å². The number of carbonyl (C=O) groups is 1. The molecule has 0 radical (unpaired) electrons. The van der Waals surface area contributed by atoms with Crippen molar-refractivity contribution in [2.24, 2.45) is 10.8 Å². The number of H-pyrrole nitrogens is 1. The summed E-state index contributed by atoms with van der Waals surface area (Å²) in [6, 6.07) is 7.95. The first-order valence-electron chi connectivity index (χ1n) is 8.86. The van der Waals surface area contributed by atoms with Gasteiger partial charge >= 0.3 is 0 Å². The average molecular weight is 380 g/mol. The molecule has 4 rings (SSSR count). The van der Waals surface area contributed by atoms with Crippen molar-refractivity contribution < 1.29 is 9.53 Å². The first-order valence-corrected chi connectivity index (χ1v) is 8.86. The molecule has 4 N–H and O–H groups in total. The van der Waals surface area contributed by atoms with E-state index in [-0.39, 0.29) is 11.8 Å². The maximum atomic E-state index is 11.5. The number of hydrazone groups is 1. The molecule has 0 saturated carbocycles. The number of ether oxygens (including phenoxy) is 1. The second-order valence-electron chi connectivity index (χ2n) is 6.40. The lowest BCUT2D eigenvalue weighted by atomic mass is 10.2. The normalized spacial score (nSPS) is 14.7. The van der Waals surface area contributed by atoms with Crippen LogP contribution in [0.25, 0.3) is 11.2 Å². The molecule has 0 atom stereocenters. The molecule has 28 heavy (non-hydrogen) atoms. The van der Waals surface area contributed by atoms with Gasteiger partial charge in [0.05, 0.1) is 19.4 Å². The van der Waals surface area contributed by atoms with Crippen molar-refractivity contribution in [2.75, 3.05) is 36.6 Å². The van der Waals surface area contributed by atoms with Gasteiger partial charge in [-0.2, -0.15) is 15.1 Å². The summed E-state index contributed by atoms with van der Waals surface area (Å²) in [7, 11) is 0. The van der Waals surface area contributed by atoms with E-state index in [2.05, 4.69) is 30.5 Å². The minimum atomic E-state index is -0.655. The zero-order valence-electron chi connectivity index (χ0n) is 15.3. The fraction of sp³-hybridized carbons (Fsp3) is 0.278. The number of rotatable bonds is 5. The van der Waals surface area contributed by atoms with Gasteiger partial charge in [-0.3, -0.25) is 4.79 Å². The molecule has 0 bridgehead atoms. The summed E-state index contributed by atoms with van der Waals surface area (Å²) in [4.78, 5) is 29.5. The highest BCUT2D eigenvalue weighted by molar-refractivity contribution is 5.95. The molecule has 2 aromatic heterocycles. The van der Waals surface area contributed by atoms with Gasteiger partial charge in [0.2, 0.25) is 5.95 Å². The number of benzene rings is 1. The smallest absolute Gasteiger partial charge is 0.284 e. The number of carbonyl (C=O) groups excluding carboxylic acids is 1. The number of aryl methyl sites for hydroxylation is 1. The molecular weight excluding hydrogens is 360 g/mol. The molecule has 1 aliphatic heterocycles. The third-order valence-corrected chi connectivity index (χ3v) is 4.30. The molecule has 1 aliphatic rings. The summed E-state index contributed by atoms with van der Waals surface area (Å²) in [5.41, 5.74) is 11.2. The van der Waals surface area contributed by atoms with Crippen LogP contribution in [0, 0.1) is 6.92 Å². The van der Waals surface area contributed by atoms with E-state index in [9.17, 15) is 4.79 Å². The maximum absolute atomic E-state index is 11.5. The van der Waals surface area contributed by atoms with Crippen molar-refractivity contribution >= 4 is 35.1 Å². The number of nitrogens with two attached hydrogens (primary N) is 1. The number of aromatic amines is 1. The molecule has 3 aromatic rings. The van der Waals surface area contributed by atoms with Gasteiger partial charge in [0.15, 0.2) is 17.3 Å². The minimum Gasteiger partial charge on any atom is -0.378 e. The lowest BCUT2D eigenvalue weighted by molar-refractivity contribution is 0.0991. The Morgan fingerprint density at radius 2 is 2.14 bits per heavy atom. The summed E-state index contributed by atoms with van der Waals surface area (Å²) < 4.78 is 5.41. The zero-order valence-corrected chi connectivity index (χ0v) is 15.3. The number of imidazole rings is 1. The Morgan fingerprint density at radius 3 is 2.89 bits per heavy atom. The maximum Gasteiger partial charge on any atom is 0.284 e. The fourth-order valence-electron chi connectivity index (χ4n) is 2.97. The second-order valence-corrected chi connectivity index (χ2v) is 6.40. The van der Waals surface area contributed by atoms with Crippen molar-refractivity contribution in [3.8, 4) is 0 Å². The van der Waals surface area contributed by atoms with Gasteiger partial charge in [0.1, 0.15) is 5.52 Å². The fourth-order valence-corrected chi connectivity index (χ4v) is 2.97. The van der Waals surface area contributed by atoms with Crippen molar-refractivity contribution in [1.29, 1.82) is 0 Å². The minimum absolute atomic E-state index is 0.0409. The average Bonchev–Trinajstić information content (AvgIpc) is 3.13. The number of aromatic nitrogens is 4. The largest absolute Gasteiger partial charge is 0.378 e. The monoisotopic (exact) mass is 380 g/mol. The number of nitrogens with zero attached hydrogens (tertiary/aromatic N) is 5. The van der Waals surface area contributed by atoms with Gasteiger partial charge in [-0.05, 0) is 12.5 Å². The lowest BCUT2D eigenvalue weighted by Crippen LogP contribution is -2.37. The van der Waals surface area contributed by atoms with Crippen molar-refractivity contribution in [2.45, 2.75) is 6.92 Å². The Hall–Kier alpha value is -3.53. The van der Waals surface area contributed by atoms with Gasteiger partial charge in [0.25, 0.3) is 5.91 Å². The molecule has 3 heterocycles. The molecule has 1 aromatic carbocycles. The highest BCUT2D eigenvalue weighted by atomic mass is 16.5. The van der Waals surface area contributed by atoms with Crippen LogP contribution in [0.5, 0.6) is 0 Å². The molecule has 144 valence electrons. The second kappa shape index (κ2) is 7.61. The summed E-state index contributed by atoms with van der Waals surface area (Å²) >= 11 is 0. The van der Waals surface area contributed by atoms with Crippen molar-refractivity contribution in [3.05, 3.63) is 41.2 Å². The number of anilines is 2. The van der Waals surface area contributed by atoms with E-state index in [0.717, 1.165) is 11.1 Å². The molecule has 1 amide bonds. The van der Waals surface area contributed by atoms with E-state index < -0.39 is 5.91 Å². The van der Waals surface area contributed by atoms with Gasteiger partial charge in [0, 0.05) is 13.1 Å². The predicted molar refractivity (Wildman–Crippen MR) is 106 cm³/mol. The molecule has 0 aliphatic carbocycles. The molecule has 10 heteroatoms. The van der Waals surface area contributed by atoms with Crippen LogP contribution in [0.15, 0.2) is 29.4 Å². The van der Waals surface area contributed by atoms with Crippen LogP contribution >= 0.6 is 0 Å². The Kier molecular flexibility index (Phi) is 4.85. The van der Waals surface area contributed by atoms with Crippen LogP contribution in [-0.4, -0.2) is 58.4 Å². The number of nitrogens with one attached hydrogen (secondary N) is 2. The summed E-state index contributed by atoms with van der Waals surface area (Å²) in [5, 5.41) is 4.22. The quantitative estimate of drug-likeness (QED) is 0.445. The van der Waals surface area contributed by atoms with Gasteiger partial charge in [-0.15, -0.1) is 0 Å². The van der Waals surface area contributed by atoms with E-state index >= 15 is 0 Å². The Morgan fingerprint density at radius 1 is 1.32 bits per heavy atom. The topological polar surface area (TPSA) is 134 Å². The van der Waals surface area contributed by atoms with Crippen LogP contribution in [0.1, 0.15) is 21.7 Å². The summed E-state index contributed by atoms with van der Waals surface area (Å²) in [6.45, 7) is 4.55. The van der Waals surface area contributed by atoms with Crippen LogP contribution < -0.4 is 16.1 Å². The third kappa shape index (κ3) is 3.76. The molecule has 10 nitrogen and oxygen atoms in total. The number of morpholine rings is 1. The van der Waals surface area contributed by atoms with E-state index in [4.69, 9.17) is 10.5 Å². The van der Waals surface area contributed by atoms with Crippen molar-refractivity contribution in [1.82, 2.24) is 19.9 Å². The molecular formula is C18H20N8O2. The zero-order chi connectivity index (χ0) is 19.5. The van der Waals surface area contributed by atoms with E-state index in [0.29, 0.717) is 43.3 Å². The van der Waals surface area contributed by atoms with E-state index in [1.807, 2.05) is 36.1 Å². The number of primary amides is 1. The number of fused-ring (bicyclic) bond motifs is 1. The van der Waals surface area contributed by atoms with Crippen LogP contribution in [0.4, 0.5) is 11.8 Å². The predicted octanol–water partition coefficient (Wildman–Crippen LogP) is 1.04. The SMILES string of the molecule is Cc1cccc(/C=N/Nc2nc(N3CCOCC3)c3[nH]c(C(N)=O)nc3n2)c1. The standard InChI is InChI=1S/C18H20N8O2/c1-11-3-2-4-12(9-11)10-20-25-18-23-15-13(21-16(22-15)14(19)27)17(24-18)26-5-7-28-8-6-26/h2-4,9-10H,5-8H2,1H3,(H2,19,27)(H2,21,22,23,24,25)/b20-10+. The van der Waals surface area contributed by atoms with Crippen LogP contribution in [0.2, 0.25) is 0 Å². The Labute approximate surface area is 160 Å². The van der Waals surface area contributed by atoms with Gasteiger partial charge < -0.3 is 20.4 Å². The molecule has 1 saturated heterocycles. The van der Waals surface area contributed by atoms with E-state index in [1.165, 1.54) is 0 Å². The third-order valence-electron chi connectivity index (χ3n) is 4.30. The van der Waals surface area contributed by atoms with Crippen LogP contribution in [-0.2, 0) is 4.74 Å². The van der Waals surface area contributed by atoms with Gasteiger partial charge in [-0.25, -0.2) is 10.4 Å². The highest BCUT2D eigenvalue weighted by Crippen LogP contribution is 2.24. The Bertz CT molecular complexity index is 1040. The molecule has 0 spiro atoms. The summed E-state index contributed by atoms with van der Waals surface area (Å²) in [5.74, 6) is 0.291. The lowest BCUT2D eigenvalue weighted by Gasteiger charge is -2.28. The summed E-state index contributed by atoms with van der Waals surface area (Å²) in [6.07, 6.45) is 1.69. The molecule has 1 fully saturated rings.